The van der Waals surface area contributed by atoms with Crippen LogP contribution in [0.4, 0.5) is 4.39 Å². The van der Waals surface area contributed by atoms with Crippen molar-refractivity contribution >= 4 is 18.4 Å². The minimum atomic E-state index is -0.293. The maximum Gasteiger partial charge on any atom is 0.216 e. The second kappa shape index (κ2) is 6.97. The maximum absolute atomic E-state index is 12.9. The van der Waals surface area contributed by atoms with E-state index in [1.165, 1.54) is 16.8 Å². The number of ether oxygens (including phenoxy) is 1. The molecule has 1 aromatic heterocycles. The highest BCUT2D eigenvalue weighted by molar-refractivity contribution is 7.71. The third kappa shape index (κ3) is 3.89. The van der Waals surface area contributed by atoms with Gasteiger partial charge in [0, 0.05) is 0 Å². The zero-order valence-electron chi connectivity index (χ0n) is 12.0. The van der Waals surface area contributed by atoms with Crippen molar-refractivity contribution in [3.63, 3.8) is 0 Å². The average Bonchev–Trinajstić information content (AvgIpc) is 2.93. The van der Waals surface area contributed by atoms with E-state index in [2.05, 4.69) is 15.3 Å². The number of H-pyrrole nitrogens is 1. The van der Waals surface area contributed by atoms with Crippen molar-refractivity contribution in [2.45, 2.75) is 6.61 Å². The third-order valence-electron chi connectivity index (χ3n) is 3.02. The molecule has 0 amide bonds. The molecule has 0 fully saturated rings. The lowest BCUT2D eigenvalue weighted by Gasteiger charge is -2.04. The Kier molecular flexibility index (Phi) is 4.58. The van der Waals surface area contributed by atoms with Gasteiger partial charge < -0.3 is 4.74 Å². The number of hydrogen-bond acceptors (Lipinski definition) is 4. The molecule has 0 saturated carbocycles. The van der Waals surface area contributed by atoms with Crippen LogP contribution in [-0.2, 0) is 6.61 Å². The average molecular weight is 328 g/mol. The van der Waals surface area contributed by atoms with Crippen LogP contribution in [0.2, 0.25) is 0 Å². The monoisotopic (exact) mass is 328 g/mol. The topological polar surface area (TPSA) is 55.2 Å². The Bertz CT molecular complexity index is 856. The Hall–Kier alpha value is -2.80. The molecule has 1 N–H and O–H groups in total. The van der Waals surface area contributed by atoms with E-state index in [1.54, 1.807) is 18.3 Å². The summed E-state index contributed by atoms with van der Waals surface area (Å²) in [6.07, 6.45) is 1.58. The van der Waals surface area contributed by atoms with E-state index < -0.39 is 0 Å². The lowest BCUT2D eigenvalue weighted by Crippen LogP contribution is -2.04. The standard InChI is InChI=1S/C16H13FN4OS/c17-13-8-6-12(7-9-13)10-18-21-15(19-20-16(21)23)11-22-14-4-2-1-3-5-14/h1-10H,11H2,(H,20,23)/b18-10+. The van der Waals surface area contributed by atoms with Gasteiger partial charge in [-0.3, -0.25) is 0 Å². The molecule has 3 rings (SSSR count). The summed E-state index contributed by atoms with van der Waals surface area (Å²) < 4.78 is 20.4. The van der Waals surface area contributed by atoms with Crippen LogP contribution in [0.1, 0.15) is 11.4 Å². The molecule has 0 aliphatic rings. The number of halogens is 1. The zero-order chi connectivity index (χ0) is 16.1. The second-order valence-electron chi connectivity index (χ2n) is 4.65. The quantitative estimate of drug-likeness (QED) is 0.576. The minimum absolute atomic E-state index is 0.220. The Balaban J connectivity index is 1.76. The molecule has 0 bridgehead atoms. The van der Waals surface area contributed by atoms with Crippen molar-refractivity contribution in [1.29, 1.82) is 0 Å². The molecule has 116 valence electrons. The normalized spacial score (nSPS) is 11.0. The first-order chi connectivity index (χ1) is 11.2. The van der Waals surface area contributed by atoms with Crippen molar-refractivity contribution in [3.05, 3.63) is 76.6 Å². The molecule has 0 spiro atoms. The van der Waals surface area contributed by atoms with Crippen LogP contribution < -0.4 is 4.74 Å². The molecule has 3 aromatic rings. The summed E-state index contributed by atoms with van der Waals surface area (Å²) in [6.45, 7) is 0.220. The predicted octanol–water partition coefficient (Wildman–Crippen LogP) is 3.54. The molecule has 23 heavy (non-hydrogen) atoms. The van der Waals surface area contributed by atoms with Gasteiger partial charge in [0.05, 0.1) is 6.21 Å². The fraction of sp³-hybridized carbons (Fsp3) is 0.0625. The SMILES string of the molecule is Fc1ccc(/C=N/n2c(COc3ccccc3)n[nH]c2=S)cc1. The van der Waals surface area contributed by atoms with Crippen LogP contribution >= 0.6 is 12.2 Å². The Labute approximate surface area is 137 Å². The van der Waals surface area contributed by atoms with Crippen LogP contribution in [0.3, 0.4) is 0 Å². The molecule has 0 aliphatic carbocycles. The van der Waals surface area contributed by atoms with Gasteiger partial charge in [-0.15, -0.1) is 0 Å². The van der Waals surface area contributed by atoms with Gasteiger partial charge in [-0.2, -0.15) is 14.9 Å². The summed E-state index contributed by atoms with van der Waals surface area (Å²) >= 11 is 5.16. The second-order valence-corrected chi connectivity index (χ2v) is 5.04. The molecule has 5 nitrogen and oxygen atoms in total. The van der Waals surface area contributed by atoms with Crippen molar-refractivity contribution in [2.24, 2.45) is 5.10 Å². The minimum Gasteiger partial charge on any atom is -0.486 e. The number of hydrogen-bond donors (Lipinski definition) is 1. The molecule has 0 atom stereocenters. The number of nitrogens with one attached hydrogen (secondary N) is 1. The smallest absolute Gasteiger partial charge is 0.216 e. The molecule has 0 aliphatic heterocycles. The Morgan fingerprint density at radius 3 is 2.65 bits per heavy atom. The fourth-order valence-corrected chi connectivity index (χ4v) is 2.07. The van der Waals surface area contributed by atoms with Crippen molar-refractivity contribution in [2.75, 3.05) is 0 Å². The van der Waals surface area contributed by atoms with Crippen LogP contribution in [0, 0.1) is 10.6 Å². The lowest BCUT2D eigenvalue weighted by atomic mass is 10.2. The molecule has 0 unspecified atom stereocenters. The number of aromatic amines is 1. The highest BCUT2D eigenvalue weighted by Crippen LogP contribution is 2.11. The molecule has 2 aromatic carbocycles. The first kappa shape index (κ1) is 15.1. The number of para-hydroxylation sites is 1. The summed E-state index contributed by atoms with van der Waals surface area (Å²) in [4.78, 5) is 0. The van der Waals surface area contributed by atoms with Gasteiger partial charge in [-0.25, -0.2) is 9.49 Å². The summed E-state index contributed by atoms with van der Waals surface area (Å²) in [5.41, 5.74) is 0.754. The summed E-state index contributed by atoms with van der Waals surface area (Å²) in [5, 5.41) is 11.1. The number of aromatic nitrogens is 3. The Morgan fingerprint density at radius 1 is 1.17 bits per heavy atom. The number of benzene rings is 2. The summed E-state index contributed by atoms with van der Waals surface area (Å²) in [6, 6.07) is 15.4. The van der Waals surface area contributed by atoms with E-state index >= 15 is 0 Å². The van der Waals surface area contributed by atoms with E-state index in [0.717, 1.165) is 11.3 Å². The third-order valence-corrected chi connectivity index (χ3v) is 3.29. The van der Waals surface area contributed by atoms with Crippen molar-refractivity contribution in [1.82, 2.24) is 14.9 Å². The highest BCUT2D eigenvalue weighted by Gasteiger charge is 2.06. The van der Waals surface area contributed by atoms with E-state index in [-0.39, 0.29) is 12.4 Å². The van der Waals surface area contributed by atoms with E-state index in [4.69, 9.17) is 17.0 Å². The number of rotatable bonds is 5. The lowest BCUT2D eigenvalue weighted by molar-refractivity contribution is 0.290. The van der Waals surface area contributed by atoms with E-state index in [9.17, 15) is 4.39 Å². The van der Waals surface area contributed by atoms with Gasteiger partial charge in [-0.05, 0) is 42.0 Å². The molecular formula is C16H13FN4OS. The highest BCUT2D eigenvalue weighted by atomic mass is 32.1. The van der Waals surface area contributed by atoms with Crippen molar-refractivity contribution in [3.8, 4) is 5.75 Å². The van der Waals surface area contributed by atoms with Crippen LogP contribution in [0.5, 0.6) is 5.75 Å². The van der Waals surface area contributed by atoms with Gasteiger partial charge in [0.1, 0.15) is 18.2 Å². The first-order valence-corrected chi connectivity index (χ1v) is 7.27. The largest absolute Gasteiger partial charge is 0.486 e. The molecule has 0 saturated heterocycles. The molecule has 0 radical (unpaired) electrons. The summed E-state index contributed by atoms with van der Waals surface area (Å²) in [7, 11) is 0. The van der Waals surface area contributed by atoms with E-state index in [0.29, 0.717) is 10.6 Å². The Morgan fingerprint density at radius 2 is 1.91 bits per heavy atom. The molecule has 7 heteroatoms. The molecule has 1 heterocycles. The van der Waals surface area contributed by atoms with Gasteiger partial charge in [0.15, 0.2) is 5.82 Å². The first-order valence-electron chi connectivity index (χ1n) is 6.86. The van der Waals surface area contributed by atoms with Gasteiger partial charge in [-0.1, -0.05) is 30.3 Å². The fourth-order valence-electron chi connectivity index (χ4n) is 1.87. The van der Waals surface area contributed by atoms with Gasteiger partial charge in [0.25, 0.3) is 0 Å². The van der Waals surface area contributed by atoms with Crippen LogP contribution in [-0.4, -0.2) is 21.1 Å². The maximum atomic E-state index is 12.9. The van der Waals surface area contributed by atoms with Crippen molar-refractivity contribution < 1.29 is 9.13 Å². The van der Waals surface area contributed by atoms with Crippen LogP contribution in [0.25, 0.3) is 0 Å². The van der Waals surface area contributed by atoms with Gasteiger partial charge in [0.2, 0.25) is 4.77 Å². The van der Waals surface area contributed by atoms with Crippen LogP contribution in [0.15, 0.2) is 59.7 Å². The molecular weight excluding hydrogens is 315 g/mol. The van der Waals surface area contributed by atoms with Gasteiger partial charge >= 0.3 is 0 Å². The predicted molar refractivity (Wildman–Crippen MR) is 87.6 cm³/mol. The number of nitrogens with zero attached hydrogens (tertiary/aromatic N) is 3. The van der Waals surface area contributed by atoms with E-state index in [1.807, 2.05) is 30.3 Å². The zero-order valence-corrected chi connectivity index (χ0v) is 12.8. The summed E-state index contributed by atoms with van der Waals surface area (Å²) in [5.74, 6) is 0.978.